The van der Waals surface area contributed by atoms with E-state index in [1.807, 2.05) is 0 Å². The predicted octanol–water partition coefficient (Wildman–Crippen LogP) is 2.29. The van der Waals surface area contributed by atoms with Crippen molar-refractivity contribution in [1.82, 2.24) is 16.0 Å². The molecule has 3 amide bonds. The number of carbonyl (C=O) groups excluding carboxylic acids is 3. The van der Waals surface area contributed by atoms with Gasteiger partial charge in [0, 0.05) is 30.3 Å². The number of carboxylic acids is 1. The summed E-state index contributed by atoms with van der Waals surface area (Å²) in [7, 11) is 0. The molecule has 1 atom stereocenters. The third-order valence-corrected chi connectivity index (χ3v) is 5.31. The number of phenols is 2. The Bertz CT molecular complexity index is 1280. The van der Waals surface area contributed by atoms with Gasteiger partial charge in [0.2, 0.25) is 0 Å². The molecule has 6 N–H and O–H groups in total. The zero-order chi connectivity index (χ0) is 26.2. The minimum atomic E-state index is -1.40. The van der Waals surface area contributed by atoms with Gasteiger partial charge in [-0.1, -0.05) is 35.9 Å². The monoisotopic (exact) mass is 511 g/mol. The van der Waals surface area contributed by atoms with E-state index < -0.39 is 29.7 Å². The first-order valence-electron chi connectivity index (χ1n) is 10.6. The van der Waals surface area contributed by atoms with Crippen LogP contribution in [0.1, 0.15) is 36.6 Å². The van der Waals surface area contributed by atoms with E-state index in [1.54, 1.807) is 30.3 Å². The molecule has 0 saturated carbocycles. The second-order valence-electron chi connectivity index (χ2n) is 7.68. The second-order valence-corrected chi connectivity index (χ2v) is 8.08. The summed E-state index contributed by atoms with van der Waals surface area (Å²) in [6.07, 6.45) is 0. The molecule has 10 nitrogen and oxygen atoms in total. The lowest BCUT2D eigenvalue weighted by Crippen LogP contribution is -2.48. The van der Waals surface area contributed by atoms with Gasteiger partial charge in [-0.15, -0.1) is 0 Å². The van der Waals surface area contributed by atoms with Crippen LogP contribution in [0.15, 0.2) is 66.7 Å². The Morgan fingerprint density at radius 2 is 1.42 bits per heavy atom. The van der Waals surface area contributed by atoms with Gasteiger partial charge in [0.05, 0.1) is 10.6 Å². The Balaban J connectivity index is 1.60. The first-order valence-corrected chi connectivity index (χ1v) is 11.0. The van der Waals surface area contributed by atoms with Gasteiger partial charge in [0.15, 0.2) is 0 Å². The van der Waals surface area contributed by atoms with Crippen LogP contribution in [-0.2, 0) is 11.3 Å². The van der Waals surface area contributed by atoms with Crippen molar-refractivity contribution in [3.8, 4) is 11.5 Å². The molecule has 0 radical (unpaired) electrons. The van der Waals surface area contributed by atoms with Crippen molar-refractivity contribution in [2.75, 3.05) is 6.54 Å². The van der Waals surface area contributed by atoms with E-state index >= 15 is 0 Å². The van der Waals surface area contributed by atoms with Crippen molar-refractivity contribution in [1.29, 1.82) is 0 Å². The number of aromatic hydroxyl groups is 2. The van der Waals surface area contributed by atoms with Gasteiger partial charge in [-0.25, -0.2) is 4.79 Å². The normalized spacial score (nSPS) is 11.2. The van der Waals surface area contributed by atoms with Crippen molar-refractivity contribution < 1.29 is 34.5 Å². The first kappa shape index (κ1) is 26.0. The number of amides is 3. The molecular formula is C25H22ClN3O7. The molecule has 0 bridgehead atoms. The van der Waals surface area contributed by atoms with Crippen LogP contribution in [0.3, 0.4) is 0 Å². The molecule has 0 aromatic heterocycles. The van der Waals surface area contributed by atoms with E-state index in [0.29, 0.717) is 11.1 Å². The lowest BCUT2D eigenvalue weighted by atomic mass is 10.1. The zero-order valence-corrected chi connectivity index (χ0v) is 19.5. The molecule has 3 aromatic rings. The summed E-state index contributed by atoms with van der Waals surface area (Å²) < 4.78 is 0. The van der Waals surface area contributed by atoms with Crippen LogP contribution in [0.25, 0.3) is 0 Å². The van der Waals surface area contributed by atoms with Crippen molar-refractivity contribution in [2.24, 2.45) is 0 Å². The largest absolute Gasteiger partial charge is 0.508 e. The molecule has 0 spiro atoms. The number of phenolic OH excluding ortho intramolecular Hbond substituents is 2. The Labute approximate surface area is 210 Å². The van der Waals surface area contributed by atoms with Crippen LogP contribution >= 0.6 is 11.6 Å². The van der Waals surface area contributed by atoms with Gasteiger partial charge in [0.25, 0.3) is 17.7 Å². The third-order valence-electron chi connectivity index (χ3n) is 5.00. The van der Waals surface area contributed by atoms with Gasteiger partial charge in [0.1, 0.15) is 17.5 Å². The van der Waals surface area contributed by atoms with Gasteiger partial charge >= 0.3 is 5.97 Å². The number of rotatable bonds is 9. The lowest BCUT2D eigenvalue weighted by Gasteiger charge is -2.16. The van der Waals surface area contributed by atoms with Gasteiger partial charge in [-0.3, -0.25) is 14.4 Å². The summed E-state index contributed by atoms with van der Waals surface area (Å²) in [5, 5.41) is 35.9. The number of carboxylic acid groups (broad SMARTS) is 1. The quantitative estimate of drug-likeness (QED) is 0.256. The third kappa shape index (κ3) is 6.97. The number of hydrogen-bond donors (Lipinski definition) is 6. The van der Waals surface area contributed by atoms with E-state index in [1.165, 1.54) is 30.3 Å². The molecule has 3 aromatic carbocycles. The maximum Gasteiger partial charge on any atom is 0.328 e. The minimum Gasteiger partial charge on any atom is -0.508 e. The predicted molar refractivity (Wildman–Crippen MR) is 130 cm³/mol. The highest BCUT2D eigenvalue weighted by Gasteiger charge is 2.23. The topological polar surface area (TPSA) is 165 Å². The molecule has 3 rings (SSSR count). The lowest BCUT2D eigenvalue weighted by molar-refractivity contribution is -0.139. The molecule has 186 valence electrons. The molecule has 0 fully saturated rings. The highest BCUT2D eigenvalue weighted by molar-refractivity contribution is 6.34. The van der Waals surface area contributed by atoms with Gasteiger partial charge < -0.3 is 31.3 Å². The van der Waals surface area contributed by atoms with Gasteiger partial charge in [-0.2, -0.15) is 0 Å². The molecular weight excluding hydrogens is 490 g/mol. The molecule has 11 heteroatoms. The standard InChI is InChI=1S/C25H22ClN3O7/c26-20-8-14(12-27-23(33)16-9-17(30)11-18(31)10-16)6-7-19(20)24(34)29-21(25(35)36)13-28-22(32)15-4-2-1-3-5-15/h1-11,21,30-31H,12-13H2,(H,27,33)(H,28,32)(H,29,34)(H,35,36)/t21-/m0/s1. The Morgan fingerprint density at radius 3 is 2.03 bits per heavy atom. The number of hydrogen-bond acceptors (Lipinski definition) is 6. The highest BCUT2D eigenvalue weighted by Crippen LogP contribution is 2.21. The first-order chi connectivity index (χ1) is 17.1. The van der Waals surface area contributed by atoms with Crippen LogP contribution in [0.4, 0.5) is 0 Å². The minimum absolute atomic E-state index is 0.00489. The van der Waals surface area contributed by atoms with E-state index in [2.05, 4.69) is 16.0 Å². The fourth-order valence-corrected chi connectivity index (χ4v) is 3.47. The van der Waals surface area contributed by atoms with E-state index in [0.717, 1.165) is 6.07 Å². The average molecular weight is 512 g/mol. The number of benzene rings is 3. The number of nitrogens with one attached hydrogen (secondary N) is 3. The average Bonchev–Trinajstić information content (AvgIpc) is 2.84. The molecule has 0 heterocycles. The van der Waals surface area contributed by atoms with Crippen molar-refractivity contribution in [3.63, 3.8) is 0 Å². The van der Waals surface area contributed by atoms with Crippen LogP contribution in [0, 0.1) is 0 Å². The fraction of sp³-hybridized carbons (Fsp3) is 0.120. The Hall–Kier alpha value is -4.57. The highest BCUT2D eigenvalue weighted by atomic mass is 35.5. The number of carbonyl (C=O) groups is 4. The van der Waals surface area contributed by atoms with Crippen LogP contribution in [-0.4, -0.2) is 51.6 Å². The summed E-state index contributed by atoms with van der Waals surface area (Å²) in [5.74, 6) is -3.67. The van der Waals surface area contributed by atoms with Crippen LogP contribution in [0.5, 0.6) is 11.5 Å². The van der Waals surface area contributed by atoms with E-state index in [9.17, 15) is 34.5 Å². The molecule has 0 saturated heterocycles. The smallest absolute Gasteiger partial charge is 0.328 e. The number of aliphatic carboxylic acids is 1. The van der Waals surface area contributed by atoms with Crippen LogP contribution < -0.4 is 16.0 Å². The molecule has 0 aliphatic carbocycles. The summed E-state index contributed by atoms with van der Waals surface area (Å²) >= 11 is 6.21. The SMILES string of the molecule is O=C(NCc1ccc(C(=O)N[C@@H](CNC(=O)c2ccccc2)C(=O)O)c(Cl)c1)c1cc(O)cc(O)c1. The van der Waals surface area contributed by atoms with Crippen LogP contribution in [0.2, 0.25) is 5.02 Å². The summed E-state index contributed by atoms with van der Waals surface area (Å²) in [6, 6.07) is 14.6. The fourth-order valence-electron chi connectivity index (χ4n) is 3.19. The second kappa shape index (κ2) is 11.7. The summed E-state index contributed by atoms with van der Waals surface area (Å²) in [5.41, 5.74) is 0.942. The molecule has 36 heavy (non-hydrogen) atoms. The van der Waals surface area contributed by atoms with Crippen molar-refractivity contribution in [3.05, 3.63) is 94.0 Å². The Morgan fingerprint density at radius 1 is 0.778 bits per heavy atom. The summed E-state index contributed by atoms with van der Waals surface area (Å²) in [4.78, 5) is 48.6. The summed E-state index contributed by atoms with van der Waals surface area (Å²) in [6.45, 7) is -0.318. The van der Waals surface area contributed by atoms with Gasteiger partial charge in [-0.05, 0) is 42.0 Å². The molecule has 0 aliphatic heterocycles. The molecule has 0 aliphatic rings. The number of halogens is 1. The maximum atomic E-state index is 12.6. The van der Waals surface area contributed by atoms with E-state index in [-0.39, 0.29) is 40.7 Å². The Kier molecular flexibility index (Phi) is 8.48. The molecule has 0 unspecified atom stereocenters. The zero-order valence-electron chi connectivity index (χ0n) is 18.7. The van der Waals surface area contributed by atoms with E-state index in [4.69, 9.17) is 11.6 Å². The maximum absolute atomic E-state index is 12.6. The van der Waals surface area contributed by atoms with Crippen molar-refractivity contribution in [2.45, 2.75) is 12.6 Å². The van der Waals surface area contributed by atoms with Crippen molar-refractivity contribution >= 4 is 35.3 Å².